The lowest BCUT2D eigenvalue weighted by atomic mass is 10.1. The summed E-state index contributed by atoms with van der Waals surface area (Å²) in [7, 11) is 0. The fourth-order valence-corrected chi connectivity index (χ4v) is 6.53. The van der Waals surface area contributed by atoms with Crippen molar-refractivity contribution in [2.75, 3.05) is 18.8 Å². The summed E-state index contributed by atoms with van der Waals surface area (Å²) in [4.78, 5) is 29.8. The van der Waals surface area contributed by atoms with Gasteiger partial charge in [0.15, 0.2) is 0 Å². The van der Waals surface area contributed by atoms with Crippen molar-refractivity contribution < 1.29 is 9.59 Å². The molecule has 2 amide bonds. The van der Waals surface area contributed by atoms with Crippen molar-refractivity contribution in [3.8, 4) is 0 Å². The highest BCUT2D eigenvalue weighted by Crippen LogP contribution is 2.49. The van der Waals surface area contributed by atoms with Gasteiger partial charge in [0.25, 0.3) is 0 Å². The van der Waals surface area contributed by atoms with Gasteiger partial charge in [-0.2, -0.15) is 0 Å². The molecule has 2 aliphatic carbocycles. The lowest BCUT2D eigenvalue weighted by molar-refractivity contribution is -0.139. The molecule has 144 valence electrons. The smallest absolute Gasteiger partial charge is 0.232 e. The highest BCUT2D eigenvalue weighted by atomic mass is 32.2. The van der Waals surface area contributed by atoms with E-state index in [9.17, 15) is 9.59 Å². The molecule has 27 heavy (non-hydrogen) atoms. The summed E-state index contributed by atoms with van der Waals surface area (Å²) in [5.41, 5.74) is 1.29. The summed E-state index contributed by atoms with van der Waals surface area (Å²) >= 11 is 1.85. The fourth-order valence-electron chi connectivity index (χ4n) is 5.32. The average molecular weight is 385 g/mol. The first-order chi connectivity index (χ1) is 13.2. The number of rotatable bonds is 5. The van der Waals surface area contributed by atoms with Crippen LogP contribution in [0.4, 0.5) is 0 Å². The van der Waals surface area contributed by atoms with E-state index < -0.39 is 0 Å². The maximum absolute atomic E-state index is 13.0. The second-order valence-corrected chi connectivity index (χ2v) is 9.95. The van der Waals surface area contributed by atoms with Crippen LogP contribution < -0.4 is 0 Å². The third-order valence-corrected chi connectivity index (χ3v) is 8.28. The Morgan fingerprint density at radius 1 is 0.963 bits per heavy atom. The van der Waals surface area contributed by atoms with Crippen molar-refractivity contribution in [3.63, 3.8) is 0 Å². The molecule has 2 saturated heterocycles. The van der Waals surface area contributed by atoms with E-state index in [1.54, 1.807) is 0 Å². The molecule has 3 unspecified atom stereocenters. The molecule has 0 spiro atoms. The second-order valence-electron chi connectivity index (χ2n) is 8.66. The molecule has 0 N–H and O–H groups in total. The van der Waals surface area contributed by atoms with E-state index in [2.05, 4.69) is 34.1 Å². The van der Waals surface area contributed by atoms with Crippen molar-refractivity contribution in [1.82, 2.24) is 9.80 Å². The summed E-state index contributed by atoms with van der Waals surface area (Å²) in [5, 5.41) is 0.691. The first-order valence-corrected chi connectivity index (χ1v) is 11.5. The van der Waals surface area contributed by atoms with Crippen molar-refractivity contribution in [1.29, 1.82) is 0 Å². The highest BCUT2D eigenvalue weighted by molar-refractivity contribution is 8.00. The van der Waals surface area contributed by atoms with Crippen LogP contribution in [0.2, 0.25) is 0 Å². The first-order valence-electron chi connectivity index (χ1n) is 10.5. The van der Waals surface area contributed by atoms with Gasteiger partial charge in [-0.15, -0.1) is 11.8 Å². The summed E-state index contributed by atoms with van der Waals surface area (Å²) in [5.74, 6) is 1.80. The molecular weight excluding hydrogens is 356 g/mol. The standard InChI is InChI=1S/C22H28N2O2S/c25-21(14-27-18-8-4-5-9-18)23-12-17-10-16(23)13-24(17)22(26)20-11-19(20)15-6-2-1-3-7-15/h1-3,6-7,16-20H,4-5,8-14H2/t16?,17?,19?,20-/m0/s1. The first kappa shape index (κ1) is 17.6. The fraction of sp³-hybridized carbons (Fsp3) is 0.636. The Balaban J connectivity index is 1.13. The molecule has 5 heteroatoms. The minimum absolute atomic E-state index is 0.161. The van der Waals surface area contributed by atoms with E-state index in [0.717, 1.165) is 25.9 Å². The molecule has 4 fully saturated rings. The van der Waals surface area contributed by atoms with E-state index in [0.29, 0.717) is 28.7 Å². The Labute approximate surface area is 165 Å². The van der Waals surface area contributed by atoms with Gasteiger partial charge in [0.1, 0.15) is 0 Å². The van der Waals surface area contributed by atoms with Crippen LogP contribution in [-0.4, -0.2) is 57.8 Å². The zero-order chi connectivity index (χ0) is 18.4. The number of piperazine rings is 1. The normalized spacial score (nSPS) is 32.3. The predicted molar refractivity (Wildman–Crippen MR) is 108 cm³/mol. The van der Waals surface area contributed by atoms with Gasteiger partial charge in [0, 0.05) is 24.3 Å². The Hall–Kier alpha value is -1.49. The molecule has 1 aromatic carbocycles. The number of hydrogen-bond donors (Lipinski definition) is 0. The number of amides is 2. The van der Waals surface area contributed by atoms with E-state index in [1.165, 1.54) is 31.2 Å². The maximum Gasteiger partial charge on any atom is 0.232 e. The van der Waals surface area contributed by atoms with E-state index in [1.807, 2.05) is 17.8 Å². The average Bonchev–Trinajstić information content (AvgIpc) is 3.05. The Morgan fingerprint density at radius 2 is 1.67 bits per heavy atom. The summed E-state index contributed by atoms with van der Waals surface area (Å²) in [6.45, 7) is 1.50. The molecule has 0 aromatic heterocycles. The van der Waals surface area contributed by atoms with E-state index >= 15 is 0 Å². The van der Waals surface area contributed by atoms with E-state index in [-0.39, 0.29) is 18.0 Å². The monoisotopic (exact) mass is 384 g/mol. The minimum Gasteiger partial charge on any atom is -0.336 e. The summed E-state index contributed by atoms with van der Waals surface area (Å²) in [6, 6.07) is 10.9. The van der Waals surface area contributed by atoms with Crippen LogP contribution in [0, 0.1) is 5.92 Å². The highest BCUT2D eigenvalue weighted by Gasteiger charge is 2.52. The number of thioether (sulfide) groups is 1. The van der Waals surface area contributed by atoms with Crippen LogP contribution in [-0.2, 0) is 9.59 Å². The minimum atomic E-state index is 0.161. The number of hydrogen-bond acceptors (Lipinski definition) is 3. The molecule has 0 radical (unpaired) electrons. The van der Waals surface area contributed by atoms with Crippen molar-refractivity contribution >= 4 is 23.6 Å². The number of carbonyl (C=O) groups is 2. The number of benzene rings is 1. The van der Waals surface area contributed by atoms with Crippen LogP contribution in [0.1, 0.15) is 50.0 Å². The third kappa shape index (κ3) is 3.39. The largest absolute Gasteiger partial charge is 0.336 e. The number of carbonyl (C=O) groups excluding carboxylic acids is 2. The van der Waals surface area contributed by atoms with Crippen LogP contribution >= 0.6 is 11.8 Å². The van der Waals surface area contributed by atoms with Crippen molar-refractivity contribution in [2.45, 2.75) is 61.8 Å². The zero-order valence-electron chi connectivity index (χ0n) is 15.8. The van der Waals surface area contributed by atoms with Gasteiger partial charge in [-0.3, -0.25) is 9.59 Å². The van der Waals surface area contributed by atoms with Crippen LogP contribution in [0.25, 0.3) is 0 Å². The summed E-state index contributed by atoms with van der Waals surface area (Å²) < 4.78 is 0. The number of fused-ring (bicyclic) bond motifs is 2. The molecule has 1 aromatic rings. The third-order valence-electron chi connectivity index (χ3n) is 6.92. The second kappa shape index (κ2) is 7.16. The van der Waals surface area contributed by atoms with Crippen LogP contribution in [0.15, 0.2) is 30.3 Å². The van der Waals surface area contributed by atoms with E-state index in [4.69, 9.17) is 0 Å². The number of nitrogens with zero attached hydrogens (tertiary/aromatic N) is 2. The van der Waals surface area contributed by atoms with Crippen LogP contribution in [0.5, 0.6) is 0 Å². The van der Waals surface area contributed by atoms with Crippen molar-refractivity contribution in [3.05, 3.63) is 35.9 Å². The summed E-state index contributed by atoms with van der Waals surface area (Å²) in [6.07, 6.45) is 7.16. The lowest BCUT2D eigenvalue weighted by Gasteiger charge is -2.34. The van der Waals surface area contributed by atoms with Gasteiger partial charge in [-0.1, -0.05) is 43.2 Å². The Bertz CT molecular complexity index is 718. The Kier molecular flexibility index (Phi) is 4.66. The topological polar surface area (TPSA) is 40.6 Å². The molecule has 5 rings (SSSR count). The van der Waals surface area contributed by atoms with Gasteiger partial charge in [-0.05, 0) is 37.2 Å². The van der Waals surface area contributed by atoms with Crippen LogP contribution in [0.3, 0.4) is 0 Å². The molecule has 2 bridgehead atoms. The van der Waals surface area contributed by atoms with Gasteiger partial charge >= 0.3 is 0 Å². The van der Waals surface area contributed by atoms with Gasteiger partial charge < -0.3 is 9.80 Å². The predicted octanol–water partition coefficient (Wildman–Crippen LogP) is 3.28. The molecule has 2 heterocycles. The van der Waals surface area contributed by atoms with Gasteiger partial charge in [0.2, 0.25) is 11.8 Å². The molecule has 2 aliphatic heterocycles. The molecular formula is C22H28N2O2S. The maximum atomic E-state index is 13.0. The molecule has 2 saturated carbocycles. The molecule has 4 nitrogen and oxygen atoms in total. The lowest BCUT2D eigenvalue weighted by Crippen LogP contribution is -2.51. The SMILES string of the molecule is O=C(CSC1CCCC1)N1CC2CC1CN2C(=O)[C@H]1CC1c1ccccc1. The molecule has 4 atom stereocenters. The Morgan fingerprint density at radius 3 is 2.37 bits per heavy atom. The number of likely N-dealkylation sites (tertiary alicyclic amines) is 2. The molecule has 4 aliphatic rings. The van der Waals surface area contributed by atoms with Crippen molar-refractivity contribution in [2.24, 2.45) is 5.92 Å². The zero-order valence-corrected chi connectivity index (χ0v) is 16.6. The van der Waals surface area contributed by atoms with Gasteiger partial charge in [-0.25, -0.2) is 0 Å². The quantitative estimate of drug-likeness (QED) is 0.782. The van der Waals surface area contributed by atoms with Gasteiger partial charge in [0.05, 0.1) is 17.8 Å².